The van der Waals surface area contributed by atoms with Crippen LogP contribution in [0, 0.1) is 5.82 Å². The standard InChI is InChI=1S/C28H26ClFN8O3/c1-3-41-13-12-24(37-16-20(15-33-37)18-4-7-21(8-5-18)34-28(39)40-2)23-10-6-19(14-31-23)26-25(38-17-32-35-36-38)11-9-22(29)27(26)30/h4-11,14-17,24H,3,12-13H2,1-2H3,(H,34,39). The Morgan fingerprint density at radius 1 is 1.07 bits per heavy atom. The fourth-order valence-electron chi connectivity index (χ4n) is 4.36. The van der Waals surface area contributed by atoms with E-state index in [4.69, 9.17) is 21.3 Å². The Balaban J connectivity index is 1.44. The molecule has 0 saturated carbocycles. The van der Waals surface area contributed by atoms with Crippen molar-refractivity contribution in [1.29, 1.82) is 0 Å². The fraction of sp³-hybridized carbons (Fsp3) is 0.214. The zero-order valence-corrected chi connectivity index (χ0v) is 23.0. The van der Waals surface area contributed by atoms with Crippen molar-refractivity contribution in [1.82, 2.24) is 35.0 Å². The monoisotopic (exact) mass is 576 g/mol. The number of rotatable bonds is 10. The molecule has 2 aromatic carbocycles. The van der Waals surface area contributed by atoms with E-state index in [1.54, 1.807) is 36.7 Å². The van der Waals surface area contributed by atoms with E-state index in [2.05, 4.69) is 30.7 Å². The highest BCUT2D eigenvalue weighted by molar-refractivity contribution is 6.31. The maximum absolute atomic E-state index is 15.2. The van der Waals surface area contributed by atoms with Crippen LogP contribution in [0.5, 0.6) is 0 Å². The van der Waals surface area contributed by atoms with Crippen LogP contribution in [0.2, 0.25) is 5.02 Å². The van der Waals surface area contributed by atoms with Crippen molar-refractivity contribution in [3.05, 3.63) is 90.0 Å². The van der Waals surface area contributed by atoms with Crippen molar-refractivity contribution < 1.29 is 18.7 Å². The minimum atomic E-state index is -0.591. The molecule has 5 rings (SSSR count). The molecule has 1 amide bonds. The molecule has 0 saturated heterocycles. The van der Waals surface area contributed by atoms with Crippen molar-refractivity contribution in [2.45, 2.75) is 19.4 Å². The number of nitrogens with one attached hydrogen (secondary N) is 1. The topological polar surface area (TPSA) is 122 Å². The Morgan fingerprint density at radius 2 is 1.88 bits per heavy atom. The van der Waals surface area contributed by atoms with Crippen molar-refractivity contribution in [3.63, 3.8) is 0 Å². The van der Waals surface area contributed by atoms with Gasteiger partial charge in [-0.1, -0.05) is 29.8 Å². The number of tetrazole rings is 1. The van der Waals surface area contributed by atoms with Crippen LogP contribution >= 0.6 is 11.6 Å². The number of ether oxygens (including phenoxy) is 2. The summed E-state index contributed by atoms with van der Waals surface area (Å²) in [5, 5.41) is 18.4. The molecule has 0 bridgehead atoms. The molecular weight excluding hydrogens is 551 g/mol. The van der Waals surface area contributed by atoms with Gasteiger partial charge in [-0.15, -0.1) is 5.10 Å². The van der Waals surface area contributed by atoms with E-state index in [0.29, 0.717) is 36.6 Å². The molecule has 0 aliphatic heterocycles. The Hall–Kier alpha value is -4.68. The van der Waals surface area contributed by atoms with Gasteiger partial charge in [0.15, 0.2) is 5.82 Å². The number of hydrogen-bond acceptors (Lipinski definition) is 8. The van der Waals surface area contributed by atoms with E-state index >= 15 is 4.39 Å². The summed E-state index contributed by atoms with van der Waals surface area (Å²) in [5.41, 5.74) is 4.35. The van der Waals surface area contributed by atoms with E-state index < -0.39 is 11.9 Å². The molecule has 0 spiro atoms. The summed E-state index contributed by atoms with van der Waals surface area (Å²) in [6.07, 6.45) is 6.77. The second kappa shape index (κ2) is 12.7. The molecule has 5 aromatic rings. The SMILES string of the molecule is CCOCCC(c1ccc(-c2c(-n3cnnn3)ccc(Cl)c2F)cn1)n1cc(-c2ccc(NC(=O)OC)cc2)cn1. The van der Waals surface area contributed by atoms with Crippen LogP contribution in [0.15, 0.2) is 73.4 Å². The molecule has 0 radical (unpaired) electrons. The quantitative estimate of drug-likeness (QED) is 0.214. The van der Waals surface area contributed by atoms with Gasteiger partial charge in [0.1, 0.15) is 6.33 Å². The number of carbonyl (C=O) groups excluding carboxylic acids is 1. The molecule has 1 N–H and O–H groups in total. The molecule has 0 aliphatic rings. The summed E-state index contributed by atoms with van der Waals surface area (Å²) in [6, 6.07) is 13.8. The highest BCUT2D eigenvalue weighted by Gasteiger charge is 2.20. The lowest BCUT2D eigenvalue weighted by Crippen LogP contribution is -2.15. The first kappa shape index (κ1) is 27.9. The zero-order chi connectivity index (χ0) is 28.8. The molecule has 1 unspecified atom stereocenters. The number of carbonyl (C=O) groups is 1. The molecule has 11 nitrogen and oxygen atoms in total. The molecule has 41 heavy (non-hydrogen) atoms. The van der Waals surface area contributed by atoms with Gasteiger partial charge >= 0.3 is 6.09 Å². The Bertz CT molecular complexity index is 1610. The Labute approximate surface area is 239 Å². The van der Waals surface area contributed by atoms with E-state index in [1.165, 1.54) is 24.2 Å². The Kier molecular flexibility index (Phi) is 8.61. The molecular formula is C28H26ClFN8O3. The summed E-state index contributed by atoms with van der Waals surface area (Å²) in [5.74, 6) is -0.591. The molecule has 1 atom stereocenters. The van der Waals surface area contributed by atoms with Crippen molar-refractivity contribution >= 4 is 23.4 Å². The molecule has 3 heterocycles. The van der Waals surface area contributed by atoms with Gasteiger partial charge in [-0.25, -0.2) is 9.18 Å². The Morgan fingerprint density at radius 3 is 2.56 bits per heavy atom. The first-order valence-corrected chi connectivity index (χ1v) is 13.1. The van der Waals surface area contributed by atoms with Gasteiger partial charge in [-0.2, -0.15) is 9.78 Å². The average molecular weight is 577 g/mol. The van der Waals surface area contributed by atoms with Gasteiger partial charge in [-0.3, -0.25) is 15.0 Å². The number of nitrogens with zero attached hydrogens (tertiary/aromatic N) is 7. The maximum Gasteiger partial charge on any atom is 0.411 e. The van der Waals surface area contributed by atoms with Crippen LogP contribution in [-0.4, -0.2) is 61.4 Å². The maximum atomic E-state index is 15.2. The smallest absolute Gasteiger partial charge is 0.411 e. The minimum absolute atomic E-state index is 0.0197. The van der Waals surface area contributed by atoms with Gasteiger partial charge < -0.3 is 9.47 Å². The summed E-state index contributed by atoms with van der Waals surface area (Å²) in [7, 11) is 1.31. The number of amides is 1. The second-order valence-electron chi connectivity index (χ2n) is 8.89. The third-order valence-corrected chi connectivity index (χ3v) is 6.69. The lowest BCUT2D eigenvalue weighted by molar-refractivity contribution is 0.135. The molecule has 13 heteroatoms. The van der Waals surface area contributed by atoms with Crippen LogP contribution in [0.4, 0.5) is 14.9 Å². The first-order chi connectivity index (χ1) is 20.0. The lowest BCUT2D eigenvalue weighted by Gasteiger charge is -2.18. The lowest BCUT2D eigenvalue weighted by atomic mass is 10.0. The van der Waals surface area contributed by atoms with E-state index in [0.717, 1.165) is 16.8 Å². The minimum Gasteiger partial charge on any atom is -0.453 e. The third kappa shape index (κ3) is 6.23. The van der Waals surface area contributed by atoms with Gasteiger partial charge in [0.2, 0.25) is 0 Å². The summed E-state index contributed by atoms with van der Waals surface area (Å²) in [6.45, 7) is 3.03. The number of pyridine rings is 1. The van der Waals surface area contributed by atoms with Crippen LogP contribution in [0.25, 0.3) is 27.9 Å². The zero-order valence-electron chi connectivity index (χ0n) is 22.2. The molecule has 210 valence electrons. The molecule has 3 aromatic heterocycles. The van der Waals surface area contributed by atoms with Crippen LogP contribution in [-0.2, 0) is 9.47 Å². The summed E-state index contributed by atoms with van der Waals surface area (Å²) in [4.78, 5) is 16.2. The van der Waals surface area contributed by atoms with Crippen LogP contribution < -0.4 is 5.32 Å². The van der Waals surface area contributed by atoms with Crippen molar-refractivity contribution in [2.75, 3.05) is 25.6 Å². The van der Waals surface area contributed by atoms with Gasteiger partial charge in [0.25, 0.3) is 0 Å². The predicted octanol–water partition coefficient (Wildman–Crippen LogP) is 5.57. The number of aromatic nitrogens is 7. The van der Waals surface area contributed by atoms with E-state index in [-0.39, 0.29) is 16.6 Å². The highest BCUT2D eigenvalue weighted by atomic mass is 35.5. The average Bonchev–Trinajstić information content (AvgIpc) is 3.71. The van der Waals surface area contributed by atoms with E-state index in [1.807, 2.05) is 36.0 Å². The molecule has 0 fully saturated rings. The summed E-state index contributed by atoms with van der Waals surface area (Å²) >= 11 is 6.11. The number of benzene rings is 2. The highest BCUT2D eigenvalue weighted by Crippen LogP contribution is 2.34. The number of methoxy groups -OCH3 is 1. The fourth-order valence-corrected chi connectivity index (χ4v) is 4.51. The normalized spacial score (nSPS) is 11.8. The van der Waals surface area contributed by atoms with Crippen molar-refractivity contribution in [3.8, 4) is 27.9 Å². The molecule has 0 aliphatic carbocycles. The van der Waals surface area contributed by atoms with Crippen molar-refractivity contribution in [2.24, 2.45) is 0 Å². The number of anilines is 1. The number of hydrogen-bond donors (Lipinski definition) is 1. The third-order valence-electron chi connectivity index (χ3n) is 6.40. The largest absolute Gasteiger partial charge is 0.453 e. The summed E-state index contributed by atoms with van der Waals surface area (Å²) < 4.78 is 28.7. The van der Waals surface area contributed by atoms with Gasteiger partial charge in [0.05, 0.1) is 35.8 Å². The van der Waals surface area contributed by atoms with Crippen LogP contribution in [0.1, 0.15) is 25.1 Å². The van der Waals surface area contributed by atoms with Gasteiger partial charge in [-0.05, 0) is 59.7 Å². The van der Waals surface area contributed by atoms with E-state index in [9.17, 15) is 4.79 Å². The first-order valence-electron chi connectivity index (χ1n) is 12.7. The number of halogens is 2. The second-order valence-corrected chi connectivity index (χ2v) is 9.29. The van der Waals surface area contributed by atoms with Gasteiger partial charge in [0, 0.05) is 48.0 Å². The van der Waals surface area contributed by atoms with Crippen LogP contribution in [0.3, 0.4) is 0 Å². The predicted molar refractivity (Wildman–Crippen MR) is 150 cm³/mol.